The van der Waals surface area contributed by atoms with E-state index in [2.05, 4.69) is 5.10 Å². The lowest BCUT2D eigenvalue weighted by atomic mass is 10.2. The number of halogens is 2. The summed E-state index contributed by atoms with van der Waals surface area (Å²) in [6, 6.07) is 5.46. The van der Waals surface area contributed by atoms with Crippen molar-refractivity contribution >= 4 is 23.2 Å². The van der Waals surface area contributed by atoms with E-state index in [1.54, 1.807) is 6.07 Å². The number of nitrogens with two attached hydrogens (primary N) is 1. The van der Waals surface area contributed by atoms with Gasteiger partial charge in [0, 0.05) is 28.4 Å². The molecule has 0 radical (unpaired) electrons. The maximum Gasteiger partial charge on any atom is 0.0674 e. The van der Waals surface area contributed by atoms with E-state index in [0.29, 0.717) is 23.1 Å². The first-order valence-electron chi connectivity index (χ1n) is 5.27. The second kappa shape index (κ2) is 5.08. The predicted molar refractivity (Wildman–Crippen MR) is 70.4 cm³/mol. The number of benzene rings is 1. The standard InChI is InChI=1S/C12H13Cl2N3/c1-8-10(5-15)7-17(16-8)6-9-2-3-11(13)4-12(9)14/h2-4,7H,5-6,15H2,1H3. The molecule has 0 aliphatic heterocycles. The summed E-state index contributed by atoms with van der Waals surface area (Å²) in [5.41, 5.74) is 8.61. The van der Waals surface area contributed by atoms with Crippen molar-refractivity contribution in [2.45, 2.75) is 20.0 Å². The summed E-state index contributed by atoms with van der Waals surface area (Å²) in [5, 5.41) is 5.68. The molecule has 2 N–H and O–H groups in total. The largest absolute Gasteiger partial charge is 0.326 e. The minimum atomic E-state index is 0.500. The Bertz CT molecular complexity index is 535. The summed E-state index contributed by atoms with van der Waals surface area (Å²) in [5.74, 6) is 0. The van der Waals surface area contributed by atoms with Crippen molar-refractivity contribution in [3.8, 4) is 0 Å². The Morgan fingerprint density at radius 1 is 1.29 bits per heavy atom. The van der Waals surface area contributed by atoms with Crippen LogP contribution in [-0.2, 0) is 13.1 Å². The van der Waals surface area contributed by atoms with Crippen molar-refractivity contribution in [3.63, 3.8) is 0 Å². The fraction of sp³-hybridized carbons (Fsp3) is 0.250. The fourth-order valence-electron chi connectivity index (χ4n) is 1.66. The van der Waals surface area contributed by atoms with Gasteiger partial charge in [0.15, 0.2) is 0 Å². The van der Waals surface area contributed by atoms with Crippen LogP contribution < -0.4 is 5.73 Å². The summed E-state index contributed by atoms with van der Waals surface area (Å²) in [6.45, 7) is 3.07. The molecule has 5 heteroatoms. The summed E-state index contributed by atoms with van der Waals surface area (Å²) in [4.78, 5) is 0. The van der Waals surface area contributed by atoms with Gasteiger partial charge in [-0.25, -0.2) is 0 Å². The van der Waals surface area contributed by atoms with Crippen LogP contribution in [0.25, 0.3) is 0 Å². The smallest absolute Gasteiger partial charge is 0.0674 e. The van der Waals surface area contributed by atoms with Crippen LogP contribution in [0.3, 0.4) is 0 Å². The van der Waals surface area contributed by atoms with Gasteiger partial charge in [0.2, 0.25) is 0 Å². The summed E-state index contributed by atoms with van der Waals surface area (Å²) in [6.07, 6.45) is 1.94. The molecule has 2 rings (SSSR count). The zero-order valence-electron chi connectivity index (χ0n) is 9.45. The number of aryl methyl sites for hydroxylation is 1. The molecular formula is C12H13Cl2N3. The zero-order valence-corrected chi connectivity index (χ0v) is 11.0. The van der Waals surface area contributed by atoms with Gasteiger partial charge in [-0.3, -0.25) is 4.68 Å². The van der Waals surface area contributed by atoms with Crippen LogP contribution in [0.2, 0.25) is 10.0 Å². The van der Waals surface area contributed by atoms with Crippen LogP contribution in [0.15, 0.2) is 24.4 Å². The SMILES string of the molecule is Cc1nn(Cc2ccc(Cl)cc2Cl)cc1CN. The molecule has 2 aromatic rings. The molecule has 0 fully saturated rings. The number of hydrogen-bond acceptors (Lipinski definition) is 2. The molecule has 0 amide bonds. The van der Waals surface area contributed by atoms with Gasteiger partial charge in [-0.15, -0.1) is 0 Å². The highest BCUT2D eigenvalue weighted by Crippen LogP contribution is 2.21. The van der Waals surface area contributed by atoms with Crippen molar-refractivity contribution < 1.29 is 0 Å². The van der Waals surface area contributed by atoms with Crippen LogP contribution in [0.1, 0.15) is 16.8 Å². The molecule has 3 nitrogen and oxygen atoms in total. The normalized spacial score (nSPS) is 10.8. The highest BCUT2D eigenvalue weighted by Gasteiger charge is 2.06. The fourth-order valence-corrected chi connectivity index (χ4v) is 2.13. The Morgan fingerprint density at radius 2 is 2.06 bits per heavy atom. The van der Waals surface area contributed by atoms with Crippen molar-refractivity contribution in [1.29, 1.82) is 0 Å². The topological polar surface area (TPSA) is 43.8 Å². The van der Waals surface area contributed by atoms with Crippen LogP contribution in [0, 0.1) is 6.92 Å². The highest BCUT2D eigenvalue weighted by atomic mass is 35.5. The van der Waals surface area contributed by atoms with E-state index in [9.17, 15) is 0 Å². The lowest BCUT2D eigenvalue weighted by Gasteiger charge is -2.04. The molecule has 0 atom stereocenters. The quantitative estimate of drug-likeness (QED) is 0.931. The van der Waals surface area contributed by atoms with Crippen molar-refractivity contribution in [3.05, 3.63) is 51.3 Å². The third-order valence-corrected chi connectivity index (χ3v) is 3.20. The molecule has 0 spiro atoms. The van der Waals surface area contributed by atoms with Crippen molar-refractivity contribution in [1.82, 2.24) is 9.78 Å². The van der Waals surface area contributed by atoms with E-state index in [0.717, 1.165) is 16.8 Å². The van der Waals surface area contributed by atoms with Gasteiger partial charge >= 0.3 is 0 Å². The minimum Gasteiger partial charge on any atom is -0.326 e. The van der Waals surface area contributed by atoms with Gasteiger partial charge in [-0.05, 0) is 24.6 Å². The van der Waals surface area contributed by atoms with E-state index >= 15 is 0 Å². The Balaban J connectivity index is 2.25. The molecule has 0 saturated carbocycles. The molecule has 1 aromatic heterocycles. The average Bonchev–Trinajstić information content (AvgIpc) is 2.63. The van der Waals surface area contributed by atoms with Gasteiger partial charge in [0.25, 0.3) is 0 Å². The second-order valence-corrected chi connectivity index (χ2v) is 4.72. The monoisotopic (exact) mass is 269 g/mol. The van der Waals surface area contributed by atoms with E-state index in [4.69, 9.17) is 28.9 Å². The van der Waals surface area contributed by atoms with Gasteiger partial charge in [0.1, 0.15) is 0 Å². The molecule has 1 aromatic carbocycles. The van der Waals surface area contributed by atoms with Gasteiger partial charge in [-0.2, -0.15) is 5.10 Å². The summed E-state index contributed by atoms with van der Waals surface area (Å²) < 4.78 is 1.84. The lowest BCUT2D eigenvalue weighted by molar-refractivity contribution is 0.679. The van der Waals surface area contributed by atoms with Crippen LogP contribution in [0.5, 0.6) is 0 Å². The van der Waals surface area contributed by atoms with Crippen LogP contribution in [0.4, 0.5) is 0 Å². The molecule has 0 aliphatic carbocycles. The molecule has 0 bridgehead atoms. The van der Waals surface area contributed by atoms with Gasteiger partial charge in [-0.1, -0.05) is 29.3 Å². The highest BCUT2D eigenvalue weighted by molar-refractivity contribution is 6.35. The third-order valence-electron chi connectivity index (χ3n) is 2.62. The van der Waals surface area contributed by atoms with Gasteiger partial charge in [0.05, 0.1) is 12.2 Å². The van der Waals surface area contributed by atoms with E-state index in [1.807, 2.05) is 29.9 Å². The number of hydrogen-bond donors (Lipinski definition) is 1. The van der Waals surface area contributed by atoms with Crippen molar-refractivity contribution in [2.75, 3.05) is 0 Å². The average molecular weight is 270 g/mol. The summed E-state index contributed by atoms with van der Waals surface area (Å²) in [7, 11) is 0. The van der Waals surface area contributed by atoms with E-state index < -0.39 is 0 Å². The Morgan fingerprint density at radius 3 is 2.65 bits per heavy atom. The first-order chi connectivity index (χ1) is 8.10. The molecule has 0 saturated heterocycles. The molecule has 17 heavy (non-hydrogen) atoms. The zero-order chi connectivity index (χ0) is 12.4. The minimum absolute atomic E-state index is 0.500. The number of rotatable bonds is 3. The summed E-state index contributed by atoms with van der Waals surface area (Å²) >= 11 is 12.0. The number of aromatic nitrogens is 2. The van der Waals surface area contributed by atoms with Crippen molar-refractivity contribution in [2.24, 2.45) is 5.73 Å². The Hall–Kier alpha value is -1.03. The Labute approximate surface area is 110 Å². The maximum atomic E-state index is 6.11. The third kappa shape index (κ3) is 2.80. The first kappa shape index (κ1) is 12.4. The van der Waals surface area contributed by atoms with E-state index in [1.165, 1.54) is 0 Å². The molecule has 0 unspecified atom stereocenters. The molecule has 0 aliphatic rings. The van der Waals surface area contributed by atoms with Crippen LogP contribution >= 0.6 is 23.2 Å². The second-order valence-electron chi connectivity index (χ2n) is 3.88. The first-order valence-corrected chi connectivity index (χ1v) is 6.02. The molecular weight excluding hydrogens is 257 g/mol. The lowest BCUT2D eigenvalue weighted by Crippen LogP contribution is -2.01. The van der Waals surface area contributed by atoms with Gasteiger partial charge < -0.3 is 5.73 Å². The predicted octanol–water partition coefficient (Wildman–Crippen LogP) is 3.01. The van der Waals surface area contributed by atoms with E-state index in [-0.39, 0.29) is 0 Å². The number of nitrogens with zero attached hydrogens (tertiary/aromatic N) is 2. The molecule has 90 valence electrons. The Kier molecular flexibility index (Phi) is 3.72. The molecule has 1 heterocycles. The maximum absolute atomic E-state index is 6.11. The van der Waals surface area contributed by atoms with Crippen LogP contribution in [-0.4, -0.2) is 9.78 Å².